The highest BCUT2D eigenvalue weighted by molar-refractivity contribution is 5.69. The number of carbonyl (C=O) groups is 1. The Morgan fingerprint density at radius 2 is 1.92 bits per heavy atom. The molecule has 0 saturated heterocycles. The summed E-state index contributed by atoms with van der Waals surface area (Å²) in [5, 5.41) is 8.96. The lowest BCUT2D eigenvalue weighted by Crippen LogP contribution is -2.37. The van der Waals surface area contributed by atoms with Crippen molar-refractivity contribution < 1.29 is 9.90 Å². The van der Waals surface area contributed by atoms with Gasteiger partial charge in [0, 0.05) is 0 Å². The lowest BCUT2D eigenvalue weighted by Gasteiger charge is -2.44. The normalized spacial score (nSPS) is 40.2. The zero-order valence-corrected chi connectivity index (χ0v) is 8.20. The molecule has 74 valence electrons. The minimum atomic E-state index is -0.599. The number of rotatable bonds is 2. The van der Waals surface area contributed by atoms with Gasteiger partial charge < -0.3 is 5.11 Å². The van der Waals surface area contributed by atoms with E-state index in [4.69, 9.17) is 5.11 Å². The van der Waals surface area contributed by atoms with Crippen LogP contribution < -0.4 is 0 Å². The van der Waals surface area contributed by atoms with Crippen molar-refractivity contribution in [2.75, 3.05) is 0 Å². The van der Waals surface area contributed by atoms with E-state index in [9.17, 15) is 4.79 Å². The third-order valence-corrected chi connectivity index (χ3v) is 4.13. The van der Waals surface area contributed by atoms with Crippen LogP contribution in [0.25, 0.3) is 0 Å². The molecule has 3 fully saturated rings. The van der Waals surface area contributed by atoms with E-state index in [0.717, 1.165) is 11.8 Å². The maximum Gasteiger partial charge on any atom is 0.306 e. The number of hydrogen-bond donors (Lipinski definition) is 1. The van der Waals surface area contributed by atoms with Crippen LogP contribution in [0.15, 0.2) is 0 Å². The van der Waals surface area contributed by atoms with E-state index >= 15 is 0 Å². The molecule has 13 heavy (non-hydrogen) atoms. The topological polar surface area (TPSA) is 37.3 Å². The van der Waals surface area contributed by atoms with Crippen LogP contribution in [0.1, 0.15) is 39.0 Å². The molecular formula is C11H18O2. The predicted octanol–water partition coefficient (Wildman–Crippen LogP) is 2.53. The molecule has 2 heteroatoms. The number of carboxylic acid groups (broad SMARTS) is 1. The maximum absolute atomic E-state index is 10.9. The summed E-state index contributed by atoms with van der Waals surface area (Å²) in [5.41, 5.74) is 0. The standard InChI is InChI=1S/C11H18O2/c1-7(11(12)13)10-6-8-2-4-9(10)5-3-8/h7-10H,2-6H2,1H3,(H,12,13). The highest BCUT2D eigenvalue weighted by Gasteiger charge is 2.40. The molecule has 0 heterocycles. The molecule has 2 bridgehead atoms. The van der Waals surface area contributed by atoms with E-state index in [-0.39, 0.29) is 5.92 Å². The summed E-state index contributed by atoms with van der Waals surface area (Å²) in [4.78, 5) is 10.9. The first-order chi connectivity index (χ1) is 6.18. The summed E-state index contributed by atoms with van der Waals surface area (Å²) in [7, 11) is 0. The Morgan fingerprint density at radius 1 is 1.31 bits per heavy atom. The van der Waals surface area contributed by atoms with Crippen molar-refractivity contribution >= 4 is 5.97 Å². The first-order valence-electron chi connectivity index (χ1n) is 5.41. The van der Waals surface area contributed by atoms with Crippen molar-refractivity contribution in [3.05, 3.63) is 0 Å². The second-order valence-electron chi connectivity index (χ2n) is 4.81. The zero-order valence-electron chi connectivity index (χ0n) is 8.20. The summed E-state index contributed by atoms with van der Waals surface area (Å²) in [6, 6.07) is 0. The van der Waals surface area contributed by atoms with E-state index in [1.165, 1.54) is 32.1 Å². The largest absolute Gasteiger partial charge is 0.481 e. The zero-order chi connectivity index (χ0) is 9.42. The quantitative estimate of drug-likeness (QED) is 0.712. The summed E-state index contributed by atoms with van der Waals surface area (Å²) in [6.07, 6.45) is 6.46. The molecular weight excluding hydrogens is 164 g/mol. The second kappa shape index (κ2) is 3.32. The third-order valence-electron chi connectivity index (χ3n) is 4.13. The van der Waals surface area contributed by atoms with Gasteiger partial charge in [0.1, 0.15) is 0 Å². The molecule has 0 radical (unpaired) electrons. The summed E-state index contributed by atoms with van der Waals surface area (Å²) in [6.45, 7) is 1.88. The van der Waals surface area contributed by atoms with Gasteiger partial charge in [-0.25, -0.2) is 0 Å². The Kier molecular flexibility index (Phi) is 2.31. The second-order valence-corrected chi connectivity index (χ2v) is 4.81. The van der Waals surface area contributed by atoms with Crippen LogP contribution in [0.2, 0.25) is 0 Å². The summed E-state index contributed by atoms with van der Waals surface area (Å²) >= 11 is 0. The van der Waals surface area contributed by atoms with Crippen molar-refractivity contribution in [3.63, 3.8) is 0 Å². The molecule has 0 aromatic carbocycles. The van der Waals surface area contributed by atoms with Gasteiger partial charge >= 0.3 is 5.97 Å². The summed E-state index contributed by atoms with van der Waals surface area (Å²) in [5.74, 6) is 1.32. The van der Waals surface area contributed by atoms with Crippen molar-refractivity contribution in [1.82, 2.24) is 0 Å². The van der Waals surface area contributed by atoms with E-state index in [2.05, 4.69) is 0 Å². The van der Waals surface area contributed by atoms with Gasteiger partial charge in [0.05, 0.1) is 5.92 Å². The summed E-state index contributed by atoms with van der Waals surface area (Å²) < 4.78 is 0. The molecule has 3 saturated carbocycles. The smallest absolute Gasteiger partial charge is 0.306 e. The first-order valence-corrected chi connectivity index (χ1v) is 5.41. The van der Waals surface area contributed by atoms with Crippen LogP contribution in [0.3, 0.4) is 0 Å². The molecule has 0 aromatic heterocycles. The SMILES string of the molecule is CC(C(=O)O)C1CC2CCC1CC2. The molecule has 2 atom stereocenters. The lowest BCUT2D eigenvalue weighted by atomic mass is 9.61. The number of carboxylic acids is 1. The Balaban J connectivity index is 2.04. The number of fused-ring (bicyclic) bond motifs is 3. The van der Waals surface area contributed by atoms with Crippen LogP contribution in [0.5, 0.6) is 0 Å². The Bertz CT molecular complexity index is 204. The van der Waals surface area contributed by atoms with E-state index < -0.39 is 5.97 Å². The first kappa shape index (κ1) is 9.04. The van der Waals surface area contributed by atoms with Crippen LogP contribution in [0, 0.1) is 23.7 Å². The Labute approximate surface area is 79.3 Å². The molecule has 0 spiro atoms. The fraction of sp³-hybridized carbons (Fsp3) is 0.909. The minimum Gasteiger partial charge on any atom is -0.481 e. The fourth-order valence-electron chi connectivity index (χ4n) is 3.22. The van der Waals surface area contributed by atoms with E-state index in [1.54, 1.807) is 0 Å². The minimum absolute atomic E-state index is 0.118. The molecule has 2 nitrogen and oxygen atoms in total. The van der Waals surface area contributed by atoms with Gasteiger partial charge in [-0.3, -0.25) is 4.79 Å². The number of hydrogen-bond acceptors (Lipinski definition) is 1. The van der Waals surface area contributed by atoms with Crippen LogP contribution in [-0.2, 0) is 4.79 Å². The Morgan fingerprint density at radius 3 is 2.31 bits per heavy atom. The predicted molar refractivity (Wildman–Crippen MR) is 50.4 cm³/mol. The average molecular weight is 182 g/mol. The maximum atomic E-state index is 10.9. The molecule has 0 aliphatic heterocycles. The van der Waals surface area contributed by atoms with Crippen LogP contribution in [0.4, 0.5) is 0 Å². The van der Waals surface area contributed by atoms with Gasteiger partial charge in [0.15, 0.2) is 0 Å². The number of aliphatic carboxylic acids is 1. The molecule has 3 rings (SSSR count). The molecule has 3 aliphatic carbocycles. The lowest BCUT2D eigenvalue weighted by molar-refractivity contribution is -0.145. The molecule has 0 amide bonds. The highest BCUT2D eigenvalue weighted by atomic mass is 16.4. The molecule has 3 aliphatic rings. The van der Waals surface area contributed by atoms with Gasteiger partial charge in [-0.15, -0.1) is 0 Å². The molecule has 1 N–H and O–H groups in total. The van der Waals surface area contributed by atoms with Crippen LogP contribution in [-0.4, -0.2) is 11.1 Å². The molecule has 0 aromatic rings. The van der Waals surface area contributed by atoms with E-state index in [1.807, 2.05) is 6.92 Å². The van der Waals surface area contributed by atoms with Gasteiger partial charge in [-0.1, -0.05) is 19.8 Å². The third kappa shape index (κ3) is 1.59. The van der Waals surface area contributed by atoms with Gasteiger partial charge in [0.25, 0.3) is 0 Å². The van der Waals surface area contributed by atoms with Crippen molar-refractivity contribution in [2.24, 2.45) is 23.7 Å². The highest BCUT2D eigenvalue weighted by Crippen LogP contribution is 2.47. The van der Waals surface area contributed by atoms with Gasteiger partial charge in [-0.05, 0) is 37.0 Å². The fourth-order valence-corrected chi connectivity index (χ4v) is 3.22. The molecule has 2 unspecified atom stereocenters. The Hall–Kier alpha value is -0.530. The van der Waals surface area contributed by atoms with Gasteiger partial charge in [-0.2, -0.15) is 0 Å². The van der Waals surface area contributed by atoms with Crippen molar-refractivity contribution in [3.8, 4) is 0 Å². The van der Waals surface area contributed by atoms with Crippen molar-refractivity contribution in [2.45, 2.75) is 39.0 Å². The monoisotopic (exact) mass is 182 g/mol. The van der Waals surface area contributed by atoms with E-state index in [0.29, 0.717) is 5.92 Å². The average Bonchev–Trinajstić information content (AvgIpc) is 2.18. The van der Waals surface area contributed by atoms with Gasteiger partial charge in [0.2, 0.25) is 0 Å². The van der Waals surface area contributed by atoms with Crippen LogP contribution >= 0.6 is 0 Å². The van der Waals surface area contributed by atoms with Crippen molar-refractivity contribution in [1.29, 1.82) is 0 Å².